The highest BCUT2D eigenvalue weighted by Gasteiger charge is 2.33. The summed E-state index contributed by atoms with van der Waals surface area (Å²) in [5.74, 6) is -0.292. The average Bonchev–Trinajstić information content (AvgIpc) is 2.62. The zero-order valence-corrected chi connectivity index (χ0v) is 15.9. The molecule has 0 fully saturated rings. The molecule has 1 aromatic heterocycles. The molecule has 0 aliphatic heterocycles. The van der Waals surface area contributed by atoms with Crippen LogP contribution in [-0.2, 0) is 22.4 Å². The first-order valence-corrected chi connectivity index (χ1v) is 9.09. The molecule has 0 saturated heterocycles. The Balaban J connectivity index is 2.07. The molecule has 1 aromatic carbocycles. The number of carbonyl (C=O) groups is 2. The summed E-state index contributed by atoms with van der Waals surface area (Å²) in [7, 11) is 1.52. The number of para-hydroxylation sites is 1. The first-order valence-electron chi connectivity index (χ1n) is 9.09. The highest BCUT2D eigenvalue weighted by atomic mass is 16.5. The number of ether oxygens (including phenoxy) is 1. The summed E-state index contributed by atoms with van der Waals surface area (Å²) < 4.78 is 5.30. The minimum absolute atomic E-state index is 0.159. The van der Waals surface area contributed by atoms with Gasteiger partial charge in [0, 0.05) is 18.1 Å². The van der Waals surface area contributed by atoms with Gasteiger partial charge in [-0.25, -0.2) is 4.79 Å². The Morgan fingerprint density at radius 1 is 1.27 bits per heavy atom. The number of nitrogens with zero attached hydrogens (tertiary/aromatic N) is 1. The predicted molar refractivity (Wildman–Crippen MR) is 101 cm³/mol. The largest absolute Gasteiger partial charge is 0.452 e. The summed E-state index contributed by atoms with van der Waals surface area (Å²) >= 11 is 0. The number of esters is 1. The summed E-state index contributed by atoms with van der Waals surface area (Å²) in [6, 6.07) is 7.64. The van der Waals surface area contributed by atoms with Crippen molar-refractivity contribution in [1.29, 1.82) is 0 Å². The van der Waals surface area contributed by atoms with Crippen molar-refractivity contribution in [3.63, 3.8) is 0 Å². The number of pyridine rings is 1. The lowest BCUT2D eigenvalue weighted by Crippen LogP contribution is -2.30. The van der Waals surface area contributed by atoms with Crippen LogP contribution in [0.25, 0.3) is 10.9 Å². The summed E-state index contributed by atoms with van der Waals surface area (Å²) in [4.78, 5) is 29.2. The molecule has 3 rings (SSSR count). The van der Waals surface area contributed by atoms with E-state index in [9.17, 15) is 9.59 Å². The maximum Gasteiger partial charge on any atom is 0.339 e. The van der Waals surface area contributed by atoms with Gasteiger partial charge in [-0.1, -0.05) is 39.0 Å². The maximum atomic E-state index is 12.9. The van der Waals surface area contributed by atoms with Crippen molar-refractivity contribution >= 4 is 22.8 Å². The lowest BCUT2D eigenvalue weighted by atomic mass is 9.70. The Morgan fingerprint density at radius 3 is 2.69 bits per heavy atom. The summed E-state index contributed by atoms with van der Waals surface area (Å²) in [6.45, 7) is 6.44. The molecular formula is C21H26N2O3. The van der Waals surface area contributed by atoms with Crippen LogP contribution in [0.5, 0.6) is 0 Å². The minimum atomic E-state index is -0.446. The highest BCUT2D eigenvalue weighted by molar-refractivity contribution is 6.05. The van der Waals surface area contributed by atoms with Gasteiger partial charge in [0.05, 0.1) is 11.1 Å². The second kappa shape index (κ2) is 7.06. The normalized spacial score (nSPS) is 16.8. The smallest absolute Gasteiger partial charge is 0.339 e. The SMILES string of the molecule is CNC(=O)COC(=O)c1c2c(nc3ccccc13)CC[C@H](C(C)(C)C)C2. The third-order valence-corrected chi connectivity index (χ3v) is 5.30. The first kappa shape index (κ1) is 18.4. The van der Waals surface area contributed by atoms with E-state index in [4.69, 9.17) is 9.72 Å². The van der Waals surface area contributed by atoms with Gasteiger partial charge in [0.1, 0.15) is 0 Å². The van der Waals surface area contributed by atoms with Gasteiger partial charge >= 0.3 is 5.97 Å². The average molecular weight is 354 g/mol. The fourth-order valence-corrected chi connectivity index (χ4v) is 3.64. The van der Waals surface area contributed by atoms with Crippen LogP contribution in [0.4, 0.5) is 0 Å². The van der Waals surface area contributed by atoms with Crippen LogP contribution in [0.1, 0.15) is 48.8 Å². The molecule has 1 N–H and O–H groups in total. The quantitative estimate of drug-likeness (QED) is 0.859. The van der Waals surface area contributed by atoms with E-state index in [1.54, 1.807) is 0 Å². The number of likely N-dealkylation sites (N-methyl/N-ethyl adjacent to an activating group) is 1. The standard InChI is InChI=1S/C21H26N2O3/c1-21(2,3)13-9-10-17-15(11-13)19(20(25)26-12-18(24)22-4)14-7-5-6-8-16(14)23-17/h5-8,13H,9-12H2,1-4H3,(H,22,24)/t13-/m0/s1. The highest BCUT2D eigenvalue weighted by Crippen LogP contribution is 2.39. The number of aromatic nitrogens is 1. The summed E-state index contributed by atoms with van der Waals surface area (Å²) in [6.07, 6.45) is 2.73. The van der Waals surface area contributed by atoms with Crippen molar-refractivity contribution < 1.29 is 14.3 Å². The fourth-order valence-electron chi connectivity index (χ4n) is 3.64. The molecular weight excluding hydrogens is 328 g/mol. The topological polar surface area (TPSA) is 68.3 Å². The van der Waals surface area contributed by atoms with E-state index in [1.807, 2.05) is 24.3 Å². The van der Waals surface area contributed by atoms with Crippen LogP contribution in [0.3, 0.4) is 0 Å². The lowest BCUT2D eigenvalue weighted by molar-refractivity contribution is -0.123. The van der Waals surface area contributed by atoms with Crippen molar-refractivity contribution in [2.45, 2.75) is 40.0 Å². The Bertz CT molecular complexity index is 852. The molecule has 0 bridgehead atoms. The van der Waals surface area contributed by atoms with E-state index in [-0.39, 0.29) is 17.9 Å². The summed E-state index contributed by atoms with van der Waals surface area (Å²) in [5, 5.41) is 3.26. The molecule has 2 aromatic rings. The van der Waals surface area contributed by atoms with E-state index >= 15 is 0 Å². The van der Waals surface area contributed by atoms with E-state index in [0.29, 0.717) is 11.5 Å². The third kappa shape index (κ3) is 3.57. The van der Waals surface area contributed by atoms with Gasteiger partial charge in [-0.05, 0) is 42.2 Å². The number of amides is 1. The second-order valence-electron chi connectivity index (χ2n) is 7.98. The molecule has 0 radical (unpaired) electrons. The van der Waals surface area contributed by atoms with Crippen molar-refractivity contribution in [1.82, 2.24) is 10.3 Å². The van der Waals surface area contributed by atoms with E-state index < -0.39 is 5.97 Å². The maximum absolute atomic E-state index is 12.9. The molecule has 0 unspecified atom stereocenters. The van der Waals surface area contributed by atoms with E-state index in [1.165, 1.54) is 7.05 Å². The van der Waals surface area contributed by atoms with E-state index in [0.717, 1.165) is 41.4 Å². The number of hydrogen-bond acceptors (Lipinski definition) is 4. The number of aryl methyl sites for hydroxylation is 1. The molecule has 138 valence electrons. The number of benzene rings is 1. The molecule has 0 spiro atoms. The van der Waals surface area contributed by atoms with Gasteiger partial charge in [0.15, 0.2) is 6.61 Å². The Labute approximate surface area is 154 Å². The summed E-state index contributed by atoms with van der Waals surface area (Å²) in [5.41, 5.74) is 3.50. The van der Waals surface area contributed by atoms with Gasteiger partial charge in [-0.15, -0.1) is 0 Å². The lowest BCUT2D eigenvalue weighted by Gasteiger charge is -2.35. The van der Waals surface area contributed by atoms with Gasteiger partial charge in [-0.3, -0.25) is 9.78 Å². The molecule has 1 aliphatic rings. The molecule has 1 amide bonds. The number of hydrogen-bond donors (Lipinski definition) is 1. The molecule has 1 aliphatic carbocycles. The second-order valence-corrected chi connectivity index (χ2v) is 7.98. The van der Waals surface area contributed by atoms with Gasteiger partial charge in [-0.2, -0.15) is 0 Å². The van der Waals surface area contributed by atoms with Crippen molar-refractivity contribution in [3.05, 3.63) is 41.1 Å². The van der Waals surface area contributed by atoms with Gasteiger partial charge < -0.3 is 10.1 Å². The molecule has 5 nitrogen and oxygen atoms in total. The van der Waals surface area contributed by atoms with Gasteiger partial charge in [0.2, 0.25) is 0 Å². The molecule has 26 heavy (non-hydrogen) atoms. The first-order chi connectivity index (χ1) is 12.3. The minimum Gasteiger partial charge on any atom is -0.452 e. The number of rotatable bonds is 3. The zero-order chi connectivity index (χ0) is 18.9. The van der Waals surface area contributed by atoms with Crippen LogP contribution in [0.15, 0.2) is 24.3 Å². The number of carbonyl (C=O) groups excluding carboxylic acids is 2. The Morgan fingerprint density at radius 2 is 2.00 bits per heavy atom. The van der Waals surface area contributed by atoms with Crippen molar-refractivity contribution in [2.75, 3.05) is 13.7 Å². The predicted octanol–water partition coefficient (Wildman–Crippen LogP) is 3.29. The van der Waals surface area contributed by atoms with Crippen LogP contribution < -0.4 is 5.32 Å². The molecule has 1 atom stereocenters. The van der Waals surface area contributed by atoms with Crippen molar-refractivity contribution in [3.8, 4) is 0 Å². The van der Waals surface area contributed by atoms with Crippen LogP contribution in [0.2, 0.25) is 0 Å². The number of nitrogens with one attached hydrogen (secondary N) is 1. The van der Waals surface area contributed by atoms with Crippen LogP contribution in [-0.4, -0.2) is 30.5 Å². The van der Waals surface area contributed by atoms with E-state index in [2.05, 4.69) is 26.1 Å². The Kier molecular flexibility index (Phi) is 4.99. The fraction of sp³-hybridized carbons (Fsp3) is 0.476. The third-order valence-electron chi connectivity index (χ3n) is 5.30. The number of fused-ring (bicyclic) bond motifs is 2. The zero-order valence-electron chi connectivity index (χ0n) is 15.9. The van der Waals surface area contributed by atoms with Crippen LogP contribution >= 0.6 is 0 Å². The molecule has 0 saturated carbocycles. The molecule has 5 heteroatoms. The Hall–Kier alpha value is -2.43. The molecule has 1 heterocycles. The van der Waals surface area contributed by atoms with Crippen LogP contribution in [0, 0.1) is 11.3 Å². The van der Waals surface area contributed by atoms with Crippen molar-refractivity contribution in [2.24, 2.45) is 11.3 Å². The van der Waals surface area contributed by atoms with Gasteiger partial charge in [0.25, 0.3) is 5.91 Å². The monoisotopic (exact) mass is 354 g/mol.